The maximum Gasteiger partial charge on any atom is 0.325 e. The lowest BCUT2D eigenvalue weighted by Crippen LogP contribution is -2.57. The summed E-state index contributed by atoms with van der Waals surface area (Å²) in [6.07, 6.45) is 0.577. The third-order valence-corrected chi connectivity index (χ3v) is 7.24. The quantitative estimate of drug-likeness (QED) is 0.110. The van der Waals surface area contributed by atoms with E-state index >= 15 is 0 Å². The number of nitrogens with one attached hydrogen (secondary N) is 4. The van der Waals surface area contributed by atoms with Gasteiger partial charge in [-0.15, -0.1) is 0 Å². The number of amides is 6. The monoisotopic (exact) mass is 617 g/mol. The molecule has 1 aromatic carbocycles. The predicted octanol–water partition coefficient (Wildman–Crippen LogP) is -1.86. The van der Waals surface area contributed by atoms with Crippen LogP contribution in [0.15, 0.2) is 30.3 Å². The van der Waals surface area contributed by atoms with Gasteiger partial charge in [0, 0.05) is 19.4 Å². The van der Waals surface area contributed by atoms with Crippen molar-refractivity contribution in [1.29, 1.82) is 0 Å². The average molecular weight is 618 g/mol. The van der Waals surface area contributed by atoms with E-state index in [1.54, 1.807) is 44.2 Å². The molecular formula is C29H43N7O8. The van der Waals surface area contributed by atoms with E-state index in [4.69, 9.17) is 16.6 Å². The van der Waals surface area contributed by atoms with Crippen LogP contribution < -0.4 is 32.7 Å². The summed E-state index contributed by atoms with van der Waals surface area (Å²) >= 11 is 0. The van der Waals surface area contributed by atoms with Gasteiger partial charge in [0.05, 0.1) is 12.6 Å². The number of aliphatic carboxylic acids is 1. The molecule has 1 heterocycles. The number of carboxylic acid groups (broad SMARTS) is 1. The Hall–Kier alpha value is -4.53. The molecule has 44 heavy (non-hydrogen) atoms. The Morgan fingerprint density at radius 2 is 1.61 bits per heavy atom. The molecule has 1 aromatic rings. The van der Waals surface area contributed by atoms with Crippen molar-refractivity contribution in [2.45, 2.75) is 83.1 Å². The molecule has 1 saturated heterocycles. The molecule has 0 bridgehead atoms. The van der Waals surface area contributed by atoms with Crippen molar-refractivity contribution >= 4 is 41.4 Å². The van der Waals surface area contributed by atoms with Gasteiger partial charge < -0.3 is 42.7 Å². The van der Waals surface area contributed by atoms with Gasteiger partial charge in [-0.25, -0.2) is 0 Å². The van der Waals surface area contributed by atoms with Gasteiger partial charge in [0.25, 0.3) is 0 Å². The van der Waals surface area contributed by atoms with Crippen molar-refractivity contribution in [3.8, 4) is 0 Å². The first-order valence-electron chi connectivity index (χ1n) is 14.5. The molecule has 242 valence electrons. The highest BCUT2D eigenvalue weighted by Crippen LogP contribution is 2.20. The summed E-state index contributed by atoms with van der Waals surface area (Å²) in [6, 6.07) is 3.46. The Labute approximate surface area is 255 Å². The molecule has 1 aliphatic rings. The molecule has 0 spiro atoms. The third kappa shape index (κ3) is 10.9. The van der Waals surface area contributed by atoms with Crippen LogP contribution in [0.25, 0.3) is 0 Å². The Morgan fingerprint density at radius 3 is 2.20 bits per heavy atom. The number of nitrogens with two attached hydrogens (primary N) is 2. The van der Waals surface area contributed by atoms with Crippen LogP contribution in [0.4, 0.5) is 0 Å². The summed E-state index contributed by atoms with van der Waals surface area (Å²) in [6.45, 7) is 4.61. The Bertz CT molecular complexity index is 1210. The lowest BCUT2D eigenvalue weighted by Gasteiger charge is -2.29. The highest BCUT2D eigenvalue weighted by molar-refractivity contribution is 5.95. The molecule has 15 heteroatoms. The van der Waals surface area contributed by atoms with Crippen LogP contribution in [-0.2, 0) is 40.0 Å². The summed E-state index contributed by atoms with van der Waals surface area (Å²) in [7, 11) is 0. The number of benzene rings is 1. The minimum atomic E-state index is -1.26. The molecule has 15 nitrogen and oxygen atoms in total. The lowest BCUT2D eigenvalue weighted by molar-refractivity contribution is -0.142. The Kier molecular flexibility index (Phi) is 13.7. The van der Waals surface area contributed by atoms with Crippen molar-refractivity contribution in [2.75, 3.05) is 13.1 Å². The molecule has 0 aliphatic carbocycles. The molecule has 0 saturated carbocycles. The van der Waals surface area contributed by atoms with Crippen LogP contribution in [0.1, 0.15) is 52.0 Å². The lowest BCUT2D eigenvalue weighted by atomic mass is 10.0. The van der Waals surface area contributed by atoms with Gasteiger partial charge in [-0.1, -0.05) is 44.2 Å². The minimum Gasteiger partial charge on any atom is -0.480 e. The second-order valence-electron chi connectivity index (χ2n) is 11.1. The van der Waals surface area contributed by atoms with E-state index in [-0.39, 0.29) is 31.1 Å². The topological polar surface area (TPSA) is 243 Å². The number of primary amides is 1. The number of carbonyl (C=O) groups excluding carboxylic acids is 6. The number of nitrogens with zero attached hydrogens (tertiary/aromatic N) is 1. The van der Waals surface area contributed by atoms with Crippen LogP contribution in [0.2, 0.25) is 0 Å². The van der Waals surface area contributed by atoms with E-state index in [0.717, 1.165) is 0 Å². The molecule has 0 aromatic heterocycles. The van der Waals surface area contributed by atoms with Crippen molar-refractivity contribution in [3.05, 3.63) is 35.9 Å². The molecule has 2 rings (SSSR count). The zero-order valence-electron chi connectivity index (χ0n) is 25.2. The zero-order chi connectivity index (χ0) is 33.0. The summed E-state index contributed by atoms with van der Waals surface area (Å²) < 4.78 is 0. The number of hydrogen-bond donors (Lipinski definition) is 7. The van der Waals surface area contributed by atoms with Gasteiger partial charge in [-0.3, -0.25) is 33.6 Å². The van der Waals surface area contributed by atoms with Crippen LogP contribution in [0.3, 0.4) is 0 Å². The first-order valence-corrected chi connectivity index (χ1v) is 14.5. The highest BCUT2D eigenvalue weighted by Gasteiger charge is 2.38. The van der Waals surface area contributed by atoms with Gasteiger partial charge in [-0.05, 0) is 37.7 Å². The molecule has 0 radical (unpaired) electrons. The molecule has 6 amide bonds. The summed E-state index contributed by atoms with van der Waals surface area (Å²) in [5.74, 6) is -5.37. The molecule has 1 fully saturated rings. The maximum absolute atomic E-state index is 13.2. The van der Waals surface area contributed by atoms with Gasteiger partial charge in [0.15, 0.2) is 0 Å². The summed E-state index contributed by atoms with van der Waals surface area (Å²) in [4.78, 5) is 88.7. The first-order chi connectivity index (χ1) is 20.7. The second kappa shape index (κ2) is 16.9. The van der Waals surface area contributed by atoms with Gasteiger partial charge in [0.2, 0.25) is 35.4 Å². The number of carbonyl (C=O) groups is 7. The highest BCUT2D eigenvalue weighted by atomic mass is 16.4. The van der Waals surface area contributed by atoms with E-state index in [1.165, 1.54) is 11.8 Å². The Balaban J connectivity index is 2.08. The number of hydrogen-bond acceptors (Lipinski definition) is 8. The smallest absolute Gasteiger partial charge is 0.325 e. The van der Waals surface area contributed by atoms with E-state index in [2.05, 4.69) is 21.3 Å². The fraction of sp³-hybridized carbons (Fsp3) is 0.552. The summed E-state index contributed by atoms with van der Waals surface area (Å²) in [5.41, 5.74) is 12.0. The fourth-order valence-corrected chi connectivity index (χ4v) is 4.57. The standard InChI is InChI=1S/C29H43N7O8/c1-16(2)24(31)28(42)36-13-7-10-21(36)27(41)35-19(11-12-22(30)37)25(39)32-15-23(38)34-20(14-18-8-5-4-6-9-18)26(40)33-17(3)29(43)44/h4-6,8-9,16-17,19-21,24H,7,10-15,31H2,1-3H3,(H2,30,37)(H,32,39)(H,33,40)(H,34,38)(H,35,41)(H,43,44)/t17-,19-,20-,21-,24-/m0/s1. The van der Waals surface area contributed by atoms with Crippen LogP contribution in [-0.4, -0.2) is 94.7 Å². The predicted molar refractivity (Wildman–Crippen MR) is 158 cm³/mol. The molecular weight excluding hydrogens is 574 g/mol. The zero-order valence-corrected chi connectivity index (χ0v) is 25.2. The second-order valence-corrected chi connectivity index (χ2v) is 11.1. The van der Waals surface area contributed by atoms with E-state index < -0.39 is 72.3 Å². The van der Waals surface area contributed by atoms with Crippen molar-refractivity contribution < 1.29 is 38.7 Å². The molecule has 9 N–H and O–H groups in total. The maximum atomic E-state index is 13.2. The van der Waals surface area contributed by atoms with Crippen molar-refractivity contribution in [2.24, 2.45) is 17.4 Å². The Morgan fingerprint density at radius 1 is 0.955 bits per heavy atom. The molecule has 0 unspecified atom stereocenters. The summed E-state index contributed by atoms with van der Waals surface area (Å²) in [5, 5.41) is 18.9. The van der Waals surface area contributed by atoms with Gasteiger partial charge in [0.1, 0.15) is 24.2 Å². The van der Waals surface area contributed by atoms with E-state index in [1.807, 2.05) is 0 Å². The third-order valence-electron chi connectivity index (χ3n) is 7.24. The largest absolute Gasteiger partial charge is 0.480 e. The van der Waals surface area contributed by atoms with Crippen LogP contribution in [0, 0.1) is 5.92 Å². The van der Waals surface area contributed by atoms with Crippen molar-refractivity contribution in [1.82, 2.24) is 26.2 Å². The number of carboxylic acids is 1. The van der Waals surface area contributed by atoms with E-state index in [0.29, 0.717) is 24.9 Å². The molecule has 5 atom stereocenters. The van der Waals surface area contributed by atoms with Crippen LogP contribution >= 0.6 is 0 Å². The van der Waals surface area contributed by atoms with E-state index in [9.17, 15) is 33.6 Å². The van der Waals surface area contributed by atoms with Gasteiger partial charge in [-0.2, -0.15) is 0 Å². The normalized spacial score (nSPS) is 17.1. The fourth-order valence-electron chi connectivity index (χ4n) is 4.57. The first kappa shape index (κ1) is 35.7. The SMILES string of the molecule is CC(C)[C@H](N)C(=O)N1CCC[C@H]1C(=O)N[C@@H](CCC(N)=O)C(=O)NCC(=O)N[C@@H](Cc1ccccc1)C(=O)N[C@@H](C)C(=O)O. The van der Waals surface area contributed by atoms with Gasteiger partial charge >= 0.3 is 5.97 Å². The number of rotatable bonds is 16. The van der Waals surface area contributed by atoms with Crippen LogP contribution in [0.5, 0.6) is 0 Å². The van der Waals surface area contributed by atoms with Crippen molar-refractivity contribution in [3.63, 3.8) is 0 Å². The minimum absolute atomic E-state index is 0.0487. The average Bonchev–Trinajstić information content (AvgIpc) is 3.47. The molecule has 1 aliphatic heterocycles. The number of likely N-dealkylation sites (tertiary alicyclic amines) is 1.